The van der Waals surface area contributed by atoms with E-state index in [9.17, 15) is 4.79 Å². The first kappa shape index (κ1) is 14.3. The van der Waals surface area contributed by atoms with Gasteiger partial charge < -0.3 is 4.74 Å². The van der Waals surface area contributed by atoms with Crippen LogP contribution in [0.15, 0.2) is 0 Å². The number of carbonyl (C=O) groups excluding carboxylic acids is 1. The standard InChI is InChI=1S/C13H23IO2/c1-10(15)16-13(9-14)7-5-11(6-8-13)12(2,3)4/h11H,5-9H2,1-4H3. The van der Waals surface area contributed by atoms with Gasteiger partial charge in [0.25, 0.3) is 0 Å². The number of carbonyl (C=O) groups is 1. The molecule has 0 aromatic heterocycles. The van der Waals surface area contributed by atoms with Crippen LogP contribution in [-0.4, -0.2) is 16.0 Å². The molecule has 0 amide bonds. The van der Waals surface area contributed by atoms with E-state index in [1.807, 2.05) is 0 Å². The Hall–Kier alpha value is 0.200. The summed E-state index contributed by atoms with van der Waals surface area (Å²) in [6.45, 7) is 8.44. The van der Waals surface area contributed by atoms with Gasteiger partial charge in [-0.15, -0.1) is 0 Å². The maximum absolute atomic E-state index is 11.1. The molecule has 0 spiro atoms. The minimum absolute atomic E-state index is 0.133. The first-order chi connectivity index (χ1) is 7.29. The number of esters is 1. The van der Waals surface area contributed by atoms with E-state index in [4.69, 9.17) is 4.74 Å². The summed E-state index contributed by atoms with van der Waals surface area (Å²) in [6.07, 6.45) is 4.41. The van der Waals surface area contributed by atoms with Gasteiger partial charge in [-0.1, -0.05) is 43.4 Å². The molecule has 0 N–H and O–H groups in total. The SMILES string of the molecule is CC(=O)OC1(CI)CCC(C(C)(C)C)CC1. The lowest BCUT2D eigenvalue weighted by atomic mass is 9.69. The molecule has 0 saturated heterocycles. The van der Waals surface area contributed by atoms with Crippen LogP contribution in [0.1, 0.15) is 53.4 Å². The van der Waals surface area contributed by atoms with Crippen LogP contribution in [-0.2, 0) is 9.53 Å². The highest BCUT2D eigenvalue weighted by Crippen LogP contribution is 2.43. The molecule has 1 aliphatic carbocycles. The maximum Gasteiger partial charge on any atom is 0.303 e. The molecule has 2 nitrogen and oxygen atoms in total. The van der Waals surface area contributed by atoms with Crippen LogP contribution in [0.4, 0.5) is 0 Å². The Labute approximate surface area is 113 Å². The van der Waals surface area contributed by atoms with Gasteiger partial charge in [0.2, 0.25) is 0 Å². The second-order valence-electron chi connectivity index (χ2n) is 6.05. The number of halogens is 1. The Morgan fingerprint density at radius 1 is 1.38 bits per heavy atom. The topological polar surface area (TPSA) is 26.3 Å². The minimum atomic E-state index is -0.172. The van der Waals surface area contributed by atoms with Gasteiger partial charge in [-0.2, -0.15) is 0 Å². The highest BCUT2D eigenvalue weighted by atomic mass is 127. The molecule has 0 aromatic carbocycles. The average molecular weight is 338 g/mol. The molecule has 0 aromatic rings. The molecule has 1 fully saturated rings. The third kappa shape index (κ3) is 3.60. The maximum atomic E-state index is 11.1. The number of hydrogen-bond donors (Lipinski definition) is 0. The van der Waals surface area contributed by atoms with Gasteiger partial charge in [0.1, 0.15) is 5.60 Å². The van der Waals surface area contributed by atoms with Crippen molar-refractivity contribution in [2.45, 2.75) is 59.0 Å². The third-order valence-corrected chi connectivity index (χ3v) is 5.12. The molecule has 1 saturated carbocycles. The van der Waals surface area contributed by atoms with Crippen LogP contribution < -0.4 is 0 Å². The van der Waals surface area contributed by atoms with E-state index < -0.39 is 0 Å². The Morgan fingerprint density at radius 2 is 1.88 bits per heavy atom. The van der Waals surface area contributed by atoms with Crippen molar-refractivity contribution in [2.24, 2.45) is 11.3 Å². The van der Waals surface area contributed by atoms with Crippen molar-refractivity contribution in [2.75, 3.05) is 4.43 Å². The van der Waals surface area contributed by atoms with Crippen molar-refractivity contribution < 1.29 is 9.53 Å². The zero-order valence-corrected chi connectivity index (χ0v) is 13.0. The lowest BCUT2D eigenvalue weighted by Crippen LogP contribution is -2.42. The van der Waals surface area contributed by atoms with Gasteiger partial charge in [-0.05, 0) is 37.0 Å². The predicted molar refractivity (Wildman–Crippen MR) is 74.8 cm³/mol. The Bertz CT molecular complexity index is 247. The van der Waals surface area contributed by atoms with E-state index >= 15 is 0 Å². The van der Waals surface area contributed by atoms with E-state index in [0.29, 0.717) is 5.41 Å². The summed E-state index contributed by atoms with van der Waals surface area (Å²) < 4.78 is 6.46. The van der Waals surface area contributed by atoms with E-state index in [0.717, 1.165) is 23.2 Å². The van der Waals surface area contributed by atoms with Gasteiger partial charge in [-0.3, -0.25) is 4.79 Å². The van der Waals surface area contributed by atoms with E-state index in [-0.39, 0.29) is 11.6 Å². The first-order valence-electron chi connectivity index (χ1n) is 6.05. The summed E-state index contributed by atoms with van der Waals surface area (Å²) in [7, 11) is 0. The Kier molecular flexibility index (Phi) is 4.66. The first-order valence-corrected chi connectivity index (χ1v) is 7.57. The van der Waals surface area contributed by atoms with Crippen LogP contribution in [0.25, 0.3) is 0 Å². The molecular formula is C13H23IO2. The van der Waals surface area contributed by atoms with Gasteiger partial charge in [0.15, 0.2) is 0 Å². The Balaban J connectivity index is 2.60. The molecule has 0 unspecified atom stereocenters. The summed E-state index contributed by atoms with van der Waals surface area (Å²) >= 11 is 2.34. The highest BCUT2D eigenvalue weighted by molar-refractivity contribution is 14.1. The molecule has 3 heteroatoms. The molecule has 1 aliphatic rings. The summed E-state index contributed by atoms with van der Waals surface area (Å²) in [5, 5.41) is 0. The van der Waals surface area contributed by atoms with E-state index in [1.54, 1.807) is 0 Å². The smallest absolute Gasteiger partial charge is 0.303 e. The van der Waals surface area contributed by atoms with Crippen LogP contribution in [0.5, 0.6) is 0 Å². The van der Waals surface area contributed by atoms with Gasteiger partial charge >= 0.3 is 5.97 Å². The van der Waals surface area contributed by atoms with Gasteiger partial charge in [0, 0.05) is 11.4 Å². The second-order valence-corrected chi connectivity index (χ2v) is 6.81. The van der Waals surface area contributed by atoms with Crippen molar-refractivity contribution in [3.05, 3.63) is 0 Å². The molecule has 94 valence electrons. The number of rotatable bonds is 2. The lowest BCUT2D eigenvalue weighted by molar-refractivity contribution is -0.159. The quantitative estimate of drug-likeness (QED) is 0.433. The average Bonchev–Trinajstić information content (AvgIpc) is 2.16. The molecule has 0 aliphatic heterocycles. The van der Waals surface area contributed by atoms with Crippen molar-refractivity contribution in [1.29, 1.82) is 0 Å². The van der Waals surface area contributed by atoms with E-state index in [2.05, 4.69) is 43.4 Å². The summed E-state index contributed by atoms with van der Waals surface area (Å²) in [5.74, 6) is 0.630. The van der Waals surface area contributed by atoms with Crippen molar-refractivity contribution in [3.63, 3.8) is 0 Å². The van der Waals surface area contributed by atoms with Crippen molar-refractivity contribution >= 4 is 28.6 Å². The normalized spacial score (nSPS) is 31.2. The zero-order valence-electron chi connectivity index (χ0n) is 10.8. The van der Waals surface area contributed by atoms with Crippen molar-refractivity contribution in [3.8, 4) is 0 Å². The highest BCUT2D eigenvalue weighted by Gasteiger charge is 2.40. The monoisotopic (exact) mass is 338 g/mol. The predicted octanol–water partition coefficient (Wildman–Crippen LogP) is 3.96. The van der Waals surface area contributed by atoms with Gasteiger partial charge in [0.05, 0.1) is 0 Å². The summed E-state index contributed by atoms with van der Waals surface area (Å²) in [5.41, 5.74) is 0.210. The molecule has 0 bridgehead atoms. The minimum Gasteiger partial charge on any atom is -0.458 e. The fourth-order valence-corrected chi connectivity index (χ4v) is 3.50. The molecular weight excluding hydrogens is 315 g/mol. The zero-order chi connectivity index (χ0) is 12.4. The fraction of sp³-hybridized carbons (Fsp3) is 0.923. The van der Waals surface area contributed by atoms with Crippen LogP contribution in [0.3, 0.4) is 0 Å². The van der Waals surface area contributed by atoms with Crippen LogP contribution in [0, 0.1) is 11.3 Å². The van der Waals surface area contributed by atoms with Crippen molar-refractivity contribution in [1.82, 2.24) is 0 Å². The Morgan fingerprint density at radius 3 is 2.19 bits per heavy atom. The number of hydrogen-bond acceptors (Lipinski definition) is 2. The number of ether oxygens (including phenoxy) is 1. The van der Waals surface area contributed by atoms with Crippen LogP contribution >= 0.6 is 22.6 Å². The van der Waals surface area contributed by atoms with Crippen LogP contribution in [0.2, 0.25) is 0 Å². The molecule has 1 rings (SSSR count). The molecule has 16 heavy (non-hydrogen) atoms. The lowest BCUT2D eigenvalue weighted by Gasteiger charge is -2.42. The second kappa shape index (κ2) is 5.23. The van der Waals surface area contributed by atoms with E-state index in [1.165, 1.54) is 19.8 Å². The summed E-state index contributed by atoms with van der Waals surface area (Å²) in [6, 6.07) is 0. The third-order valence-electron chi connectivity index (χ3n) is 3.73. The largest absolute Gasteiger partial charge is 0.458 e. The van der Waals surface area contributed by atoms with Gasteiger partial charge in [-0.25, -0.2) is 0 Å². The molecule has 0 heterocycles. The summed E-state index contributed by atoms with van der Waals surface area (Å²) in [4.78, 5) is 11.1. The molecule has 0 radical (unpaired) electrons. The fourth-order valence-electron chi connectivity index (χ4n) is 2.58. The number of alkyl halides is 1. The molecule has 0 atom stereocenters.